The molecule has 4 rings (SSSR count). The minimum absolute atomic E-state index is 0.427. The first-order valence-electron chi connectivity index (χ1n) is 9.56. The zero-order valence-electron chi connectivity index (χ0n) is 16.1. The Bertz CT molecular complexity index is 928. The second-order valence-electron chi connectivity index (χ2n) is 7.02. The second kappa shape index (κ2) is 8.21. The van der Waals surface area contributed by atoms with Gasteiger partial charge in [0.15, 0.2) is 0 Å². The number of hydrogen-bond acceptors (Lipinski definition) is 6. The van der Waals surface area contributed by atoms with Crippen LogP contribution < -0.4 is 10.1 Å². The molecule has 1 heterocycles. The van der Waals surface area contributed by atoms with Crippen LogP contribution >= 0.6 is 11.6 Å². The summed E-state index contributed by atoms with van der Waals surface area (Å²) in [4.78, 5) is 24.3. The predicted octanol–water partition coefficient (Wildman–Crippen LogP) is 5.17. The van der Waals surface area contributed by atoms with Gasteiger partial charge in [0, 0.05) is 18.4 Å². The monoisotopic (exact) mass is 415 g/mol. The van der Waals surface area contributed by atoms with Crippen LogP contribution in [0.2, 0.25) is 5.02 Å². The van der Waals surface area contributed by atoms with Gasteiger partial charge in [0.1, 0.15) is 5.75 Å². The van der Waals surface area contributed by atoms with E-state index in [-0.39, 0.29) is 0 Å². The Morgan fingerprint density at radius 1 is 1.17 bits per heavy atom. The number of methoxy groups -OCH3 is 1. The fourth-order valence-electron chi connectivity index (χ4n) is 3.63. The van der Waals surface area contributed by atoms with Gasteiger partial charge in [0.25, 0.3) is 0 Å². The third-order valence-corrected chi connectivity index (χ3v) is 5.44. The average molecular weight is 416 g/mol. The van der Waals surface area contributed by atoms with Crippen molar-refractivity contribution < 1.29 is 19.2 Å². The van der Waals surface area contributed by atoms with Crippen molar-refractivity contribution >= 4 is 29.2 Å². The van der Waals surface area contributed by atoms with Gasteiger partial charge in [-0.15, -0.1) is 5.06 Å². The summed E-state index contributed by atoms with van der Waals surface area (Å²) < 4.78 is 5.31. The van der Waals surface area contributed by atoms with Crippen molar-refractivity contribution in [2.24, 2.45) is 5.16 Å². The first-order chi connectivity index (χ1) is 14.1. The Hall–Kier alpha value is -2.93. The number of rotatable bonds is 4. The van der Waals surface area contributed by atoms with Crippen molar-refractivity contribution in [2.45, 2.75) is 37.8 Å². The molecule has 0 saturated heterocycles. The van der Waals surface area contributed by atoms with Gasteiger partial charge in [-0.05, 0) is 37.1 Å². The molecule has 1 aliphatic heterocycles. The SMILES string of the molecule is COc1cccc(C2=NOC3(CCCCC3)N2OC(=O)Nc2ccccc2Cl)c1. The lowest BCUT2D eigenvalue weighted by atomic mass is 9.91. The maximum Gasteiger partial charge on any atom is 0.436 e. The van der Waals surface area contributed by atoms with Crippen molar-refractivity contribution in [3.05, 3.63) is 59.1 Å². The van der Waals surface area contributed by atoms with Gasteiger partial charge in [0.05, 0.1) is 17.8 Å². The molecule has 1 aliphatic carbocycles. The van der Waals surface area contributed by atoms with Crippen molar-refractivity contribution in [2.75, 3.05) is 12.4 Å². The van der Waals surface area contributed by atoms with Crippen LogP contribution in [0.25, 0.3) is 0 Å². The van der Waals surface area contributed by atoms with Crippen LogP contribution in [0.15, 0.2) is 53.7 Å². The van der Waals surface area contributed by atoms with Gasteiger partial charge in [0.2, 0.25) is 11.6 Å². The fraction of sp³-hybridized carbons (Fsp3) is 0.333. The number of nitrogens with zero attached hydrogens (tertiary/aromatic N) is 2. The molecular weight excluding hydrogens is 394 g/mol. The molecule has 0 unspecified atom stereocenters. The number of amides is 1. The Kier molecular flexibility index (Phi) is 5.49. The number of oxime groups is 1. The van der Waals surface area contributed by atoms with Crippen LogP contribution in [0.5, 0.6) is 5.75 Å². The summed E-state index contributed by atoms with van der Waals surface area (Å²) in [5, 5.41) is 8.88. The van der Waals surface area contributed by atoms with E-state index in [1.54, 1.807) is 31.4 Å². The summed E-state index contributed by atoms with van der Waals surface area (Å²) in [5.74, 6) is 1.11. The number of amidine groups is 1. The number of nitrogens with one attached hydrogen (secondary N) is 1. The number of hydrogen-bond donors (Lipinski definition) is 1. The molecule has 1 amide bonds. The van der Waals surface area contributed by atoms with Gasteiger partial charge in [-0.2, -0.15) is 0 Å². The molecular formula is C21H22ClN3O4. The van der Waals surface area contributed by atoms with Crippen molar-refractivity contribution in [1.82, 2.24) is 5.06 Å². The van der Waals surface area contributed by atoms with E-state index in [4.69, 9.17) is 26.0 Å². The smallest absolute Gasteiger partial charge is 0.436 e. The van der Waals surface area contributed by atoms with Gasteiger partial charge in [-0.1, -0.05) is 47.4 Å². The van der Waals surface area contributed by atoms with Gasteiger partial charge in [-0.25, -0.2) is 4.79 Å². The van der Waals surface area contributed by atoms with Crippen LogP contribution in [0.1, 0.15) is 37.7 Å². The molecule has 2 aromatic carbocycles. The molecule has 0 radical (unpaired) electrons. The summed E-state index contributed by atoms with van der Waals surface area (Å²) in [6, 6.07) is 14.4. The number of anilines is 1. The lowest BCUT2D eigenvalue weighted by Gasteiger charge is -2.37. The van der Waals surface area contributed by atoms with E-state index < -0.39 is 11.8 Å². The quantitative estimate of drug-likeness (QED) is 0.746. The molecule has 0 atom stereocenters. The van der Waals surface area contributed by atoms with E-state index >= 15 is 0 Å². The summed E-state index contributed by atoms with van der Waals surface area (Å²) in [7, 11) is 1.60. The van der Waals surface area contributed by atoms with Crippen LogP contribution in [-0.4, -0.2) is 29.8 Å². The van der Waals surface area contributed by atoms with Crippen molar-refractivity contribution in [1.29, 1.82) is 0 Å². The number of carbonyl (C=O) groups excluding carboxylic acids is 1. The molecule has 152 valence electrons. The van der Waals surface area contributed by atoms with E-state index in [1.165, 1.54) is 5.06 Å². The number of benzene rings is 2. The summed E-state index contributed by atoms with van der Waals surface area (Å²) in [6.07, 6.45) is 3.80. The molecule has 0 bridgehead atoms. The zero-order chi connectivity index (χ0) is 20.3. The lowest BCUT2D eigenvalue weighted by Crippen LogP contribution is -2.51. The van der Waals surface area contributed by atoms with Crippen LogP contribution in [0.3, 0.4) is 0 Å². The maximum absolute atomic E-state index is 12.7. The highest BCUT2D eigenvalue weighted by atomic mass is 35.5. The number of carbonyl (C=O) groups is 1. The molecule has 1 N–H and O–H groups in total. The highest BCUT2D eigenvalue weighted by molar-refractivity contribution is 6.33. The van der Waals surface area contributed by atoms with Gasteiger partial charge in [-0.3, -0.25) is 5.32 Å². The Morgan fingerprint density at radius 3 is 2.72 bits per heavy atom. The highest BCUT2D eigenvalue weighted by Gasteiger charge is 2.50. The molecule has 7 nitrogen and oxygen atoms in total. The summed E-state index contributed by atoms with van der Waals surface area (Å²) in [5.41, 5.74) is 0.406. The van der Waals surface area contributed by atoms with Crippen LogP contribution in [0, 0.1) is 0 Å². The fourth-order valence-corrected chi connectivity index (χ4v) is 3.81. The third kappa shape index (κ3) is 3.96. The zero-order valence-corrected chi connectivity index (χ0v) is 16.8. The number of halogens is 1. The summed E-state index contributed by atoms with van der Waals surface area (Å²) >= 11 is 6.14. The molecule has 8 heteroatoms. The third-order valence-electron chi connectivity index (χ3n) is 5.11. The Morgan fingerprint density at radius 2 is 1.97 bits per heavy atom. The standard InChI is InChI=1S/C21H22ClN3O4/c1-27-16-9-7-8-15(14-16)19-24-29-21(12-5-2-6-13-21)25(19)28-20(26)23-18-11-4-3-10-17(18)22/h3-4,7-11,14H,2,5-6,12-13H2,1H3,(H,23,26). The minimum atomic E-state index is -0.797. The van der Waals surface area contributed by atoms with E-state index in [0.717, 1.165) is 24.8 Å². The largest absolute Gasteiger partial charge is 0.497 e. The second-order valence-corrected chi connectivity index (χ2v) is 7.43. The lowest BCUT2D eigenvalue weighted by molar-refractivity contribution is -0.224. The van der Waals surface area contributed by atoms with Gasteiger partial charge < -0.3 is 14.4 Å². The van der Waals surface area contributed by atoms with Gasteiger partial charge >= 0.3 is 6.09 Å². The molecule has 0 aromatic heterocycles. The molecule has 2 aliphatic rings. The molecule has 1 spiro atoms. The van der Waals surface area contributed by atoms with Crippen LogP contribution in [0.4, 0.5) is 10.5 Å². The minimum Gasteiger partial charge on any atom is -0.497 e. The first-order valence-corrected chi connectivity index (χ1v) is 9.93. The van der Waals surface area contributed by atoms with E-state index in [0.29, 0.717) is 35.1 Å². The molecule has 1 fully saturated rings. The average Bonchev–Trinajstić information content (AvgIpc) is 3.07. The number of hydroxylamine groups is 2. The molecule has 29 heavy (non-hydrogen) atoms. The Labute approximate surface area is 174 Å². The number of ether oxygens (including phenoxy) is 1. The first kappa shape index (κ1) is 19.4. The van der Waals surface area contributed by atoms with Crippen molar-refractivity contribution in [3.63, 3.8) is 0 Å². The predicted molar refractivity (Wildman–Crippen MR) is 110 cm³/mol. The van der Waals surface area contributed by atoms with Crippen molar-refractivity contribution in [3.8, 4) is 5.75 Å². The summed E-state index contributed by atoms with van der Waals surface area (Å²) in [6.45, 7) is 0. The Balaban J connectivity index is 1.60. The van der Waals surface area contributed by atoms with E-state index in [1.807, 2.05) is 24.3 Å². The maximum atomic E-state index is 12.7. The highest BCUT2D eigenvalue weighted by Crippen LogP contribution is 2.40. The number of para-hydroxylation sites is 1. The topological polar surface area (TPSA) is 72.4 Å². The van der Waals surface area contributed by atoms with E-state index in [2.05, 4.69) is 10.5 Å². The normalized spacial score (nSPS) is 17.4. The van der Waals surface area contributed by atoms with Crippen LogP contribution in [-0.2, 0) is 9.68 Å². The molecule has 2 aromatic rings. The van der Waals surface area contributed by atoms with E-state index in [9.17, 15) is 4.79 Å². The molecule has 1 saturated carbocycles.